The smallest absolute Gasteiger partial charge is 0.251 e. The quantitative estimate of drug-likeness (QED) is 0.695. The van der Waals surface area contributed by atoms with E-state index in [2.05, 4.69) is 56.8 Å². The fourth-order valence-corrected chi connectivity index (χ4v) is 3.69. The monoisotopic (exact) mass is 396 g/mol. The number of hydrogen-bond acceptors (Lipinski definition) is 5. The van der Waals surface area contributed by atoms with Crippen molar-refractivity contribution >= 4 is 5.91 Å². The van der Waals surface area contributed by atoms with Crippen molar-refractivity contribution in [2.24, 2.45) is 5.92 Å². The first-order valence-corrected chi connectivity index (χ1v) is 10.5. The fraction of sp³-hybridized carbons (Fsp3) is 0.545. The Morgan fingerprint density at radius 2 is 2.00 bits per heavy atom. The molecule has 7 nitrogen and oxygen atoms in total. The lowest BCUT2D eigenvalue weighted by Gasteiger charge is -2.23. The summed E-state index contributed by atoms with van der Waals surface area (Å²) in [6, 6.07) is 3.41. The number of nitrogens with zero attached hydrogens (tertiary/aromatic N) is 5. The number of nitrogens with one attached hydrogen (secondary N) is 1. The molecule has 1 aliphatic rings. The zero-order valence-electron chi connectivity index (χ0n) is 17.8. The highest BCUT2D eigenvalue weighted by Crippen LogP contribution is 2.14. The van der Waals surface area contributed by atoms with Gasteiger partial charge >= 0.3 is 0 Å². The third kappa shape index (κ3) is 6.22. The molecule has 0 saturated carbocycles. The predicted molar refractivity (Wildman–Crippen MR) is 113 cm³/mol. The summed E-state index contributed by atoms with van der Waals surface area (Å²) in [6.45, 7) is 11.0. The number of allylic oxidation sites excluding steroid dienone is 2. The summed E-state index contributed by atoms with van der Waals surface area (Å²) in [5.74, 6) is 2.39. The zero-order valence-corrected chi connectivity index (χ0v) is 17.8. The summed E-state index contributed by atoms with van der Waals surface area (Å²) in [6.07, 6.45) is 8.84. The summed E-state index contributed by atoms with van der Waals surface area (Å²) in [7, 11) is 0. The molecule has 156 valence electrons. The molecule has 1 aliphatic heterocycles. The lowest BCUT2D eigenvalue weighted by Crippen LogP contribution is -2.32. The standard InChI is InChI=1S/C22H32N6O/c1-17(2)5-4-6-18(3)16-27-12-9-20-25-26-21(28(20)14-13-27)15-24-22(29)19-7-10-23-11-8-19/h5,7-8,10-11,18H,4,6,9,12-16H2,1-3H3,(H,24,29)/t18-/m0/s1. The molecule has 0 saturated heterocycles. The second-order valence-corrected chi connectivity index (χ2v) is 8.12. The number of amides is 1. The average Bonchev–Trinajstić information content (AvgIpc) is 2.99. The molecular weight excluding hydrogens is 364 g/mol. The van der Waals surface area contributed by atoms with E-state index in [0.717, 1.165) is 50.7 Å². The summed E-state index contributed by atoms with van der Waals surface area (Å²) in [5.41, 5.74) is 2.00. The predicted octanol–water partition coefficient (Wildman–Crippen LogP) is 2.84. The first-order chi connectivity index (χ1) is 14.0. The maximum Gasteiger partial charge on any atom is 0.251 e. The van der Waals surface area contributed by atoms with Gasteiger partial charge in [-0.15, -0.1) is 10.2 Å². The lowest BCUT2D eigenvalue weighted by molar-refractivity contribution is 0.0949. The molecule has 0 aliphatic carbocycles. The average molecular weight is 397 g/mol. The molecule has 3 rings (SSSR count). The third-order valence-electron chi connectivity index (χ3n) is 5.33. The van der Waals surface area contributed by atoms with Gasteiger partial charge in [-0.2, -0.15) is 0 Å². The van der Waals surface area contributed by atoms with Crippen LogP contribution >= 0.6 is 0 Å². The fourth-order valence-electron chi connectivity index (χ4n) is 3.69. The Bertz CT molecular complexity index is 825. The molecule has 1 atom stereocenters. The number of aromatic nitrogens is 4. The van der Waals surface area contributed by atoms with Gasteiger partial charge in [-0.25, -0.2) is 0 Å². The van der Waals surface area contributed by atoms with Crippen LogP contribution in [0.25, 0.3) is 0 Å². The second-order valence-electron chi connectivity index (χ2n) is 8.12. The SMILES string of the molecule is CC(C)=CCC[C@H](C)CN1CCc2nnc(CNC(=O)c3ccncc3)n2CC1. The van der Waals surface area contributed by atoms with Crippen LogP contribution in [0.15, 0.2) is 36.2 Å². The molecule has 7 heteroatoms. The van der Waals surface area contributed by atoms with Crippen molar-refractivity contribution in [3.63, 3.8) is 0 Å². The Labute approximate surface area is 173 Å². The van der Waals surface area contributed by atoms with E-state index in [1.807, 2.05) is 0 Å². The summed E-state index contributed by atoms with van der Waals surface area (Å²) < 4.78 is 2.17. The van der Waals surface area contributed by atoms with Crippen molar-refractivity contribution in [2.75, 3.05) is 19.6 Å². The van der Waals surface area contributed by atoms with E-state index in [1.165, 1.54) is 12.0 Å². The Hall–Kier alpha value is -2.54. The normalized spacial score (nSPS) is 15.3. The van der Waals surface area contributed by atoms with Crippen LogP contribution in [-0.4, -0.2) is 50.2 Å². The van der Waals surface area contributed by atoms with Gasteiger partial charge in [0.25, 0.3) is 5.91 Å². The van der Waals surface area contributed by atoms with Crippen molar-refractivity contribution in [1.82, 2.24) is 30.0 Å². The molecule has 0 bridgehead atoms. The van der Waals surface area contributed by atoms with Gasteiger partial charge in [-0.3, -0.25) is 9.78 Å². The molecular formula is C22H32N6O. The Morgan fingerprint density at radius 1 is 1.21 bits per heavy atom. The van der Waals surface area contributed by atoms with Crippen molar-refractivity contribution in [3.8, 4) is 0 Å². The Morgan fingerprint density at radius 3 is 2.76 bits per heavy atom. The van der Waals surface area contributed by atoms with Crippen LogP contribution in [0.5, 0.6) is 0 Å². The lowest BCUT2D eigenvalue weighted by atomic mass is 10.0. The van der Waals surface area contributed by atoms with E-state index in [4.69, 9.17) is 0 Å². The first kappa shape index (κ1) is 21.2. The topological polar surface area (TPSA) is 75.9 Å². The molecule has 1 N–H and O–H groups in total. The molecule has 2 aromatic heterocycles. The van der Waals surface area contributed by atoms with E-state index >= 15 is 0 Å². The van der Waals surface area contributed by atoms with Crippen LogP contribution in [-0.2, 0) is 19.5 Å². The molecule has 0 fully saturated rings. The van der Waals surface area contributed by atoms with Gasteiger partial charge in [-0.1, -0.05) is 18.6 Å². The number of pyridine rings is 1. The van der Waals surface area contributed by atoms with Gasteiger partial charge in [0.2, 0.25) is 0 Å². The number of hydrogen-bond donors (Lipinski definition) is 1. The zero-order chi connectivity index (χ0) is 20.6. The van der Waals surface area contributed by atoms with E-state index in [1.54, 1.807) is 24.5 Å². The minimum atomic E-state index is -0.120. The molecule has 0 spiro atoms. The summed E-state index contributed by atoms with van der Waals surface area (Å²) in [5, 5.41) is 11.6. The summed E-state index contributed by atoms with van der Waals surface area (Å²) in [4.78, 5) is 18.7. The highest BCUT2D eigenvalue weighted by Gasteiger charge is 2.20. The number of fused-ring (bicyclic) bond motifs is 1. The molecule has 1 amide bonds. The molecule has 0 radical (unpaired) electrons. The maximum atomic E-state index is 12.3. The van der Waals surface area contributed by atoms with E-state index in [-0.39, 0.29) is 5.91 Å². The van der Waals surface area contributed by atoms with Crippen molar-refractivity contribution in [3.05, 3.63) is 53.4 Å². The van der Waals surface area contributed by atoms with Gasteiger partial charge in [0.1, 0.15) is 5.82 Å². The van der Waals surface area contributed by atoms with Gasteiger partial charge in [0.05, 0.1) is 6.54 Å². The van der Waals surface area contributed by atoms with Gasteiger partial charge in [0, 0.05) is 50.6 Å². The van der Waals surface area contributed by atoms with Gasteiger partial charge in [-0.05, 0) is 44.7 Å². The molecule has 0 unspecified atom stereocenters. The largest absolute Gasteiger partial charge is 0.345 e. The number of rotatable bonds is 8. The van der Waals surface area contributed by atoms with Crippen molar-refractivity contribution in [1.29, 1.82) is 0 Å². The molecule has 29 heavy (non-hydrogen) atoms. The van der Waals surface area contributed by atoms with Crippen molar-refractivity contribution in [2.45, 2.75) is 53.1 Å². The van der Waals surface area contributed by atoms with E-state index in [0.29, 0.717) is 18.0 Å². The third-order valence-corrected chi connectivity index (χ3v) is 5.33. The van der Waals surface area contributed by atoms with E-state index in [9.17, 15) is 4.79 Å². The second kappa shape index (κ2) is 10.3. The highest BCUT2D eigenvalue weighted by molar-refractivity contribution is 5.93. The van der Waals surface area contributed by atoms with Crippen LogP contribution in [0.4, 0.5) is 0 Å². The Balaban J connectivity index is 1.51. The van der Waals surface area contributed by atoms with Crippen LogP contribution in [0, 0.1) is 5.92 Å². The van der Waals surface area contributed by atoms with Gasteiger partial charge < -0.3 is 14.8 Å². The van der Waals surface area contributed by atoms with E-state index < -0.39 is 0 Å². The van der Waals surface area contributed by atoms with Crippen LogP contribution < -0.4 is 5.32 Å². The van der Waals surface area contributed by atoms with Crippen LogP contribution in [0.2, 0.25) is 0 Å². The minimum Gasteiger partial charge on any atom is -0.345 e. The minimum absolute atomic E-state index is 0.120. The highest BCUT2D eigenvalue weighted by atomic mass is 16.1. The molecule has 2 aromatic rings. The van der Waals surface area contributed by atoms with Gasteiger partial charge in [0.15, 0.2) is 5.82 Å². The van der Waals surface area contributed by atoms with Crippen LogP contribution in [0.1, 0.15) is 55.6 Å². The molecule has 3 heterocycles. The molecule has 0 aromatic carbocycles. The first-order valence-electron chi connectivity index (χ1n) is 10.5. The number of carbonyl (C=O) groups is 1. The van der Waals surface area contributed by atoms with Crippen LogP contribution in [0.3, 0.4) is 0 Å². The maximum absolute atomic E-state index is 12.3. The number of carbonyl (C=O) groups excluding carboxylic acids is 1. The summed E-state index contributed by atoms with van der Waals surface area (Å²) >= 11 is 0. The Kier molecular flexibility index (Phi) is 7.52. The van der Waals surface area contributed by atoms with Crippen molar-refractivity contribution < 1.29 is 4.79 Å².